The lowest BCUT2D eigenvalue weighted by Crippen LogP contribution is -1.93. The molecule has 2 N–H and O–H groups in total. The Morgan fingerprint density at radius 3 is 2.91 bits per heavy atom. The first-order chi connectivity index (χ1) is 5.29. The Labute approximate surface area is 67.2 Å². The van der Waals surface area contributed by atoms with Crippen LogP contribution in [-0.2, 0) is 10.8 Å². The predicted octanol–water partition coefficient (Wildman–Crippen LogP) is 1.36. The van der Waals surface area contributed by atoms with Crippen LogP contribution in [0.5, 0.6) is 0 Å². The number of fused-ring (bicyclic) bond motifs is 1. The second-order valence-electron chi connectivity index (χ2n) is 2.37. The van der Waals surface area contributed by atoms with Crippen molar-refractivity contribution in [3.63, 3.8) is 0 Å². The third-order valence-electron chi connectivity index (χ3n) is 1.65. The van der Waals surface area contributed by atoms with Crippen molar-refractivity contribution in [2.24, 2.45) is 0 Å². The van der Waals surface area contributed by atoms with Crippen LogP contribution in [0.2, 0.25) is 0 Å². The summed E-state index contributed by atoms with van der Waals surface area (Å²) in [6.45, 7) is 0. The van der Waals surface area contributed by atoms with Gasteiger partial charge in [0.25, 0.3) is 0 Å². The summed E-state index contributed by atoms with van der Waals surface area (Å²) in [5.74, 6) is 0. The largest absolute Gasteiger partial charge is 0.398 e. The van der Waals surface area contributed by atoms with Gasteiger partial charge in [0.2, 0.25) is 0 Å². The van der Waals surface area contributed by atoms with Gasteiger partial charge in [-0.3, -0.25) is 0 Å². The Hall–Kier alpha value is -1.09. The van der Waals surface area contributed by atoms with Crippen LogP contribution >= 0.6 is 0 Å². The molecule has 56 valence electrons. The van der Waals surface area contributed by atoms with Gasteiger partial charge in [0.15, 0.2) is 0 Å². The molecule has 0 bridgehead atoms. The maximum Gasteiger partial charge on any atom is 0.0803 e. The molecule has 3 heteroatoms. The van der Waals surface area contributed by atoms with Gasteiger partial charge in [0, 0.05) is 11.1 Å². The van der Waals surface area contributed by atoms with Gasteiger partial charge < -0.3 is 5.73 Å². The van der Waals surface area contributed by atoms with Crippen molar-refractivity contribution < 1.29 is 4.21 Å². The van der Waals surface area contributed by atoms with E-state index in [9.17, 15) is 4.21 Å². The molecule has 0 aliphatic carbocycles. The third kappa shape index (κ3) is 0.886. The van der Waals surface area contributed by atoms with Gasteiger partial charge in [-0.15, -0.1) is 0 Å². The number of nitrogen functional groups attached to an aromatic ring is 1. The number of anilines is 1. The van der Waals surface area contributed by atoms with Crippen LogP contribution in [-0.4, -0.2) is 4.21 Å². The van der Waals surface area contributed by atoms with Crippen LogP contribution in [0.15, 0.2) is 28.5 Å². The summed E-state index contributed by atoms with van der Waals surface area (Å²) in [5, 5.41) is 1.65. The number of nitrogens with two attached hydrogens (primary N) is 1. The average Bonchev–Trinajstić information content (AvgIpc) is 2.34. The molecule has 0 saturated carbocycles. The summed E-state index contributed by atoms with van der Waals surface area (Å²) < 4.78 is 11.2. The topological polar surface area (TPSA) is 43.1 Å². The Balaban J connectivity index is 2.74. The van der Waals surface area contributed by atoms with Crippen molar-refractivity contribution in [2.45, 2.75) is 4.90 Å². The number of hydrogen-bond donors (Lipinski definition) is 1. The van der Waals surface area contributed by atoms with E-state index in [2.05, 4.69) is 0 Å². The zero-order valence-corrected chi connectivity index (χ0v) is 6.60. The lowest BCUT2D eigenvalue weighted by molar-refractivity contribution is 0.689. The van der Waals surface area contributed by atoms with Crippen LogP contribution in [0.4, 0.5) is 5.69 Å². The Kier molecular flexibility index (Phi) is 1.32. The predicted molar refractivity (Wildman–Crippen MR) is 46.3 cm³/mol. The van der Waals surface area contributed by atoms with Crippen LogP contribution in [0.1, 0.15) is 5.56 Å². The highest BCUT2D eigenvalue weighted by Gasteiger charge is 2.14. The standard InChI is InChI=1S/C8H7NOS/c9-7-3-1-2-6-4-5-11(10)8(6)7/h1-5H,9H2. The molecule has 1 aromatic carbocycles. The van der Waals surface area contributed by atoms with Crippen LogP contribution < -0.4 is 5.73 Å². The summed E-state index contributed by atoms with van der Waals surface area (Å²) in [6, 6.07) is 5.54. The van der Waals surface area contributed by atoms with Gasteiger partial charge in [0.05, 0.1) is 15.7 Å². The third-order valence-corrected chi connectivity index (χ3v) is 2.91. The van der Waals surface area contributed by atoms with E-state index in [1.165, 1.54) is 0 Å². The van der Waals surface area contributed by atoms with Crippen molar-refractivity contribution in [1.29, 1.82) is 0 Å². The van der Waals surface area contributed by atoms with E-state index in [1.807, 2.05) is 18.2 Å². The molecule has 2 rings (SSSR count). The van der Waals surface area contributed by atoms with Gasteiger partial charge in [-0.2, -0.15) is 0 Å². The molecule has 1 heterocycles. The molecule has 1 aromatic rings. The lowest BCUT2D eigenvalue weighted by atomic mass is 10.2. The number of benzene rings is 1. The minimum atomic E-state index is -1.01. The highest BCUT2D eigenvalue weighted by atomic mass is 32.2. The molecule has 0 aromatic heterocycles. The van der Waals surface area contributed by atoms with Crippen LogP contribution in [0.3, 0.4) is 0 Å². The molecule has 0 fully saturated rings. The smallest absolute Gasteiger partial charge is 0.0803 e. The van der Waals surface area contributed by atoms with E-state index in [4.69, 9.17) is 5.73 Å². The van der Waals surface area contributed by atoms with Gasteiger partial charge in [-0.05, 0) is 17.7 Å². The van der Waals surface area contributed by atoms with Gasteiger partial charge in [-0.25, -0.2) is 4.21 Å². The minimum Gasteiger partial charge on any atom is -0.398 e. The molecule has 0 radical (unpaired) electrons. The molecule has 0 spiro atoms. The van der Waals surface area contributed by atoms with E-state index in [1.54, 1.807) is 11.5 Å². The van der Waals surface area contributed by atoms with Crippen molar-refractivity contribution in [3.8, 4) is 0 Å². The quantitative estimate of drug-likeness (QED) is 0.590. The second kappa shape index (κ2) is 2.20. The van der Waals surface area contributed by atoms with Gasteiger partial charge >= 0.3 is 0 Å². The van der Waals surface area contributed by atoms with Crippen LogP contribution in [0.25, 0.3) is 6.08 Å². The Morgan fingerprint density at radius 2 is 2.18 bits per heavy atom. The van der Waals surface area contributed by atoms with Crippen molar-refractivity contribution in [1.82, 2.24) is 0 Å². The molecule has 0 saturated heterocycles. The van der Waals surface area contributed by atoms with Crippen molar-refractivity contribution in [2.75, 3.05) is 5.73 Å². The summed E-state index contributed by atoms with van der Waals surface area (Å²) in [5.41, 5.74) is 7.22. The molecular weight excluding hydrogens is 158 g/mol. The molecule has 1 aliphatic rings. The minimum absolute atomic E-state index is 0.617. The zero-order chi connectivity index (χ0) is 7.84. The molecule has 0 amide bonds. The fraction of sp³-hybridized carbons (Fsp3) is 0. The molecule has 1 unspecified atom stereocenters. The van der Waals surface area contributed by atoms with Crippen molar-refractivity contribution >= 4 is 22.6 Å². The SMILES string of the molecule is Nc1cccc2c1S(=O)C=C2. The van der Waals surface area contributed by atoms with E-state index in [-0.39, 0.29) is 0 Å². The second-order valence-corrected chi connectivity index (χ2v) is 3.64. The number of rotatable bonds is 0. The first-order valence-electron chi connectivity index (χ1n) is 3.26. The summed E-state index contributed by atoms with van der Waals surface area (Å²) in [7, 11) is -1.01. The molecular formula is C8H7NOS. The first-order valence-corrected chi connectivity index (χ1v) is 4.47. The Bertz CT molecular complexity index is 357. The maximum absolute atomic E-state index is 11.2. The molecule has 1 atom stereocenters. The average molecular weight is 165 g/mol. The molecule has 11 heavy (non-hydrogen) atoms. The highest BCUT2D eigenvalue weighted by molar-refractivity contribution is 7.88. The summed E-state index contributed by atoms with van der Waals surface area (Å²) in [6.07, 6.45) is 1.84. The first kappa shape index (κ1) is 6.61. The van der Waals surface area contributed by atoms with Crippen LogP contribution in [0, 0.1) is 0 Å². The Morgan fingerprint density at radius 1 is 1.36 bits per heavy atom. The highest BCUT2D eigenvalue weighted by Crippen LogP contribution is 2.28. The fourth-order valence-electron chi connectivity index (χ4n) is 1.14. The fourth-order valence-corrected chi connectivity index (χ4v) is 2.22. The molecule has 1 aliphatic heterocycles. The van der Waals surface area contributed by atoms with Crippen molar-refractivity contribution in [3.05, 3.63) is 29.2 Å². The van der Waals surface area contributed by atoms with E-state index in [0.717, 1.165) is 10.5 Å². The maximum atomic E-state index is 11.2. The summed E-state index contributed by atoms with van der Waals surface area (Å²) >= 11 is 0. The van der Waals surface area contributed by atoms with E-state index >= 15 is 0 Å². The van der Waals surface area contributed by atoms with E-state index < -0.39 is 10.8 Å². The summed E-state index contributed by atoms with van der Waals surface area (Å²) in [4.78, 5) is 0.757. The zero-order valence-electron chi connectivity index (χ0n) is 5.78. The van der Waals surface area contributed by atoms with E-state index in [0.29, 0.717) is 5.69 Å². The number of hydrogen-bond acceptors (Lipinski definition) is 2. The lowest BCUT2D eigenvalue weighted by Gasteiger charge is -1.99. The van der Waals surface area contributed by atoms with Gasteiger partial charge in [0.1, 0.15) is 0 Å². The monoisotopic (exact) mass is 165 g/mol. The van der Waals surface area contributed by atoms with Gasteiger partial charge in [-0.1, -0.05) is 12.1 Å². The normalized spacial score (nSPS) is 20.2. The molecule has 2 nitrogen and oxygen atoms in total.